The predicted octanol–water partition coefficient (Wildman–Crippen LogP) is 0.827. The maximum absolute atomic E-state index is 11.1. The molecule has 18 heavy (non-hydrogen) atoms. The number of hydrogen-bond donors (Lipinski definition) is 2. The highest BCUT2D eigenvalue weighted by atomic mass is 16.3. The molecule has 0 amide bonds. The van der Waals surface area contributed by atoms with Crippen molar-refractivity contribution in [1.82, 2.24) is 0 Å². The van der Waals surface area contributed by atoms with Gasteiger partial charge in [-0.15, -0.1) is 0 Å². The van der Waals surface area contributed by atoms with Crippen molar-refractivity contribution in [3.8, 4) is 0 Å². The fourth-order valence-electron chi connectivity index (χ4n) is 1.81. The van der Waals surface area contributed by atoms with Crippen LogP contribution < -0.4 is 0 Å². The van der Waals surface area contributed by atoms with Gasteiger partial charge in [0.25, 0.3) is 0 Å². The molecule has 4 nitrogen and oxygen atoms in total. The first-order chi connectivity index (χ1) is 8.60. The number of rotatable bonds is 7. The highest BCUT2D eigenvalue weighted by Crippen LogP contribution is 2.25. The Morgan fingerprint density at radius 2 is 1.89 bits per heavy atom. The van der Waals surface area contributed by atoms with Gasteiger partial charge in [0.2, 0.25) is 6.29 Å². The van der Waals surface area contributed by atoms with E-state index in [9.17, 15) is 19.8 Å². The molecular weight excluding hydrogens is 232 g/mol. The van der Waals surface area contributed by atoms with Gasteiger partial charge < -0.3 is 15.0 Å². The molecule has 1 aromatic carbocycles. The first-order valence-corrected chi connectivity index (χ1v) is 5.84. The zero-order valence-corrected chi connectivity index (χ0v) is 10.2. The minimum atomic E-state index is -1.04. The second kappa shape index (κ2) is 7.03. The molecule has 1 aromatic rings. The summed E-state index contributed by atoms with van der Waals surface area (Å²) in [6.45, 7) is 1.44. The summed E-state index contributed by atoms with van der Waals surface area (Å²) in [4.78, 5) is 22.1. The smallest absolute Gasteiger partial charge is 0.202 e. The van der Waals surface area contributed by atoms with Crippen molar-refractivity contribution >= 4 is 12.6 Å². The molecular formula is C14H17O4. The van der Waals surface area contributed by atoms with Gasteiger partial charge in [0, 0.05) is 11.8 Å². The van der Waals surface area contributed by atoms with E-state index < -0.39 is 24.0 Å². The van der Waals surface area contributed by atoms with Crippen LogP contribution in [0.25, 0.3) is 0 Å². The average molecular weight is 249 g/mol. The monoisotopic (exact) mass is 249 g/mol. The molecule has 0 fully saturated rings. The standard InChI is InChI=1S/C14H17O4/c1-10(17)14(18)7-12(8-15)13(9-16)11-5-3-2-4-6-11/h2-6,9-10,12-14,17-18H,7H2,1H3. The highest BCUT2D eigenvalue weighted by Gasteiger charge is 2.27. The first-order valence-electron chi connectivity index (χ1n) is 5.84. The third-order valence-corrected chi connectivity index (χ3v) is 2.97. The molecule has 0 aliphatic heterocycles. The molecule has 0 aliphatic rings. The number of benzene rings is 1. The quantitative estimate of drug-likeness (QED) is 0.702. The molecule has 0 saturated carbocycles. The molecule has 4 heteroatoms. The molecule has 0 spiro atoms. The summed E-state index contributed by atoms with van der Waals surface area (Å²) in [5.74, 6) is -1.40. The molecule has 2 N–H and O–H groups in total. The minimum Gasteiger partial charge on any atom is -0.391 e. The summed E-state index contributed by atoms with van der Waals surface area (Å²) in [7, 11) is 0. The Labute approximate surface area is 106 Å². The van der Waals surface area contributed by atoms with Crippen LogP contribution in [0.15, 0.2) is 30.3 Å². The van der Waals surface area contributed by atoms with Crippen LogP contribution in [-0.4, -0.2) is 35.0 Å². The van der Waals surface area contributed by atoms with Crippen molar-refractivity contribution in [2.24, 2.45) is 5.92 Å². The van der Waals surface area contributed by atoms with E-state index in [0.29, 0.717) is 11.8 Å². The lowest BCUT2D eigenvalue weighted by Crippen LogP contribution is -2.29. The maximum Gasteiger partial charge on any atom is 0.202 e. The predicted molar refractivity (Wildman–Crippen MR) is 66.7 cm³/mol. The summed E-state index contributed by atoms with van der Waals surface area (Å²) < 4.78 is 0. The molecule has 0 bridgehead atoms. The van der Waals surface area contributed by atoms with Gasteiger partial charge in [-0.3, -0.25) is 4.79 Å². The second-order valence-electron chi connectivity index (χ2n) is 4.34. The number of carbonyl (C=O) groups excluding carboxylic acids is 2. The SMILES string of the molecule is CC(O)C(O)CC([C]=O)C(C=O)c1ccccc1. The van der Waals surface area contributed by atoms with E-state index >= 15 is 0 Å². The van der Waals surface area contributed by atoms with Crippen LogP contribution >= 0.6 is 0 Å². The molecule has 0 heterocycles. The van der Waals surface area contributed by atoms with Crippen LogP contribution in [0.4, 0.5) is 0 Å². The number of aliphatic hydroxyl groups excluding tert-OH is 2. The van der Waals surface area contributed by atoms with E-state index in [1.807, 2.05) is 6.07 Å². The number of aliphatic hydroxyl groups is 2. The Bertz CT molecular complexity index is 375. The van der Waals surface area contributed by atoms with Gasteiger partial charge in [-0.25, -0.2) is 0 Å². The Morgan fingerprint density at radius 1 is 1.28 bits per heavy atom. The van der Waals surface area contributed by atoms with Crippen molar-refractivity contribution in [2.75, 3.05) is 0 Å². The van der Waals surface area contributed by atoms with Crippen molar-refractivity contribution < 1.29 is 19.8 Å². The Kier molecular flexibility index (Phi) is 5.68. The minimum absolute atomic E-state index is 0.0134. The summed E-state index contributed by atoms with van der Waals surface area (Å²) >= 11 is 0. The summed E-state index contributed by atoms with van der Waals surface area (Å²) in [5.41, 5.74) is 0.707. The van der Waals surface area contributed by atoms with Crippen molar-refractivity contribution in [2.45, 2.75) is 31.5 Å². The Balaban J connectivity index is 2.85. The molecule has 0 aromatic heterocycles. The van der Waals surface area contributed by atoms with E-state index in [1.165, 1.54) is 6.92 Å². The van der Waals surface area contributed by atoms with Gasteiger partial charge in [-0.05, 0) is 18.9 Å². The number of hydrogen-bond acceptors (Lipinski definition) is 4. The van der Waals surface area contributed by atoms with Gasteiger partial charge >= 0.3 is 0 Å². The average Bonchev–Trinajstić information content (AvgIpc) is 2.39. The van der Waals surface area contributed by atoms with Crippen LogP contribution in [0.3, 0.4) is 0 Å². The third-order valence-electron chi connectivity index (χ3n) is 2.97. The lowest BCUT2D eigenvalue weighted by atomic mass is 9.84. The van der Waals surface area contributed by atoms with Gasteiger partial charge in [-0.1, -0.05) is 30.3 Å². The van der Waals surface area contributed by atoms with Crippen LogP contribution in [0.2, 0.25) is 0 Å². The van der Waals surface area contributed by atoms with Crippen LogP contribution in [0, 0.1) is 5.92 Å². The normalized spacial score (nSPS) is 17.5. The number of carbonyl (C=O) groups is 1. The van der Waals surface area contributed by atoms with E-state index in [4.69, 9.17) is 0 Å². The Hall–Kier alpha value is -1.52. The van der Waals surface area contributed by atoms with Gasteiger partial charge in [0.15, 0.2) is 0 Å². The molecule has 4 atom stereocenters. The molecule has 0 saturated heterocycles. The van der Waals surface area contributed by atoms with E-state index in [0.717, 1.165) is 0 Å². The fourth-order valence-corrected chi connectivity index (χ4v) is 1.81. The molecule has 0 aliphatic carbocycles. The van der Waals surface area contributed by atoms with Crippen LogP contribution in [0.1, 0.15) is 24.8 Å². The van der Waals surface area contributed by atoms with E-state index in [1.54, 1.807) is 30.6 Å². The zero-order chi connectivity index (χ0) is 13.5. The fraction of sp³-hybridized carbons (Fsp3) is 0.429. The van der Waals surface area contributed by atoms with E-state index in [2.05, 4.69) is 0 Å². The lowest BCUT2D eigenvalue weighted by Gasteiger charge is -2.21. The van der Waals surface area contributed by atoms with Gasteiger partial charge in [-0.2, -0.15) is 0 Å². The van der Waals surface area contributed by atoms with Crippen LogP contribution in [-0.2, 0) is 9.59 Å². The largest absolute Gasteiger partial charge is 0.391 e. The van der Waals surface area contributed by atoms with Crippen molar-refractivity contribution in [1.29, 1.82) is 0 Å². The van der Waals surface area contributed by atoms with E-state index in [-0.39, 0.29) is 6.42 Å². The summed E-state index contributed by atoms with van der Waals surface area (Å²) in [6, 6.07) is 8.86. The third kappa shape index (κ3) is 3.75. The lowest BCUT2D eigenvalue weighted by molar-refractivity contribution is -0.110. The second-order valence-corrected chi connectivity index (χ2v) is 4.34. The zero-order valence-electron chi connectivity index (χ0n) is 10.2. The van der Waals surface area contributed by atoms with Gasteiger partial charge in [0.05, 0.1) is 12.2 Å². The Morgan fingerprint density at radius 3 is 2.33 bits per heavy atom. The molecule has 1 rings (SSSR count). The molecule has 4 unspecified atom stereocenters. The topological polar surface area (TPSA) is 74.6 Å². The number of aldehydes is 1. The molecule has 97 valence electrons. The van der Waals surface area contributed by atoms with Crippen molar-refractivity contribution in [3.05, 3.63) is 35.9 Å². The maximum atomic E-state index is 11.1. The summed E-state index contributed by atoms with van der Waals surface area (Å²) in [6.07, 6.45) is 0.498. The van der Waals surface area contributed by atoms with Crippen molar-refractivity contribution in [3.63, 3.8) is 0 Å². The highest BCUT2D eigenvalue weighted by molar-refractivity contribution is 5.71. The first kappa shape index (κ1) is 14.5. The van der Waals surface area contributed by atoms with Gasteiger partial charge in [0.1, 0.15) is 6.29 Å². The van der Waals surface area contributed by atoms with Crippen LogP contribution in [0.5, 0.6) is 0 Å². The summed E-state index contributed by atoms with van der Waals surface area (Å²) in [5, 5.41) is 18.8. The molecule has 1 radical (unpaired) electrons.